The minimum atomic E-state index is -0.417. The van der Waals surface area contributed by atoms with E-state index in [0.717, 1.165) is 30.1 Å². The van der Waals surface area contributed by atoms with Crippen molar-refractivity contribution < 1.29 is 14.6 Å². The molecule has 0 heterocycles. The van der Waals surface area contributed by atoms with Crippen LogP contribution in [0.5, 0.6) is 0 Å². The maximum Gasteiger partial charge on any atom is 0.373 e. The summed E-state index contributed by atoms with van der Waals surface area (Å²) >= 11 is 0. The number of carbonyl (C=O) groups is 1. The highest BCUT2D eigenvalue weighted by atomic mass is 17.2. The Labute approximate surface area is 133 Å². The smallest absolute Gasteiger partial charge is 0.292 e. The highest BCUT2D eigenvalue weighted by Crippen LogP contribution is 2.40. The Morgan fingerprint density at radius 3 is 2.36 bits per heavy atom. The van der Waals surface area contributed by atoms with Crippen LogP contribution in [0.2, 0.25) is 0 Å². The Hall–Kier alpha value is -1.35. The van der Waals surface area contributed by atoms with Crippen LogP contribution >= 0.6 is 0 Å². The van der Waals surface area contributed by atoms with Crippen molar-refractivity contribution in [3.63, 3.8) is 0 Å². The summed E-state index contributed by atoms with van der Waals surface area (Å²) in [6.45, 7) is 10.5. The van der Waals surface area contributed by atoms with Crippen LogP contribution in [0, 0.1) is 37.7 Å². The van der Waals surface area contributed by atoms with Gasteiger partial charge in [-0.05, 0) is 56.6 Å². The van der Waals surface area contributed by atoms with Crippen LogP contribution in [0.4, 0.5) is 0 Å². The van der Waals surface area contributed by atoms with Gasteiger partial charge in [0.15, 0.2) is 6.10 Å². The van der Waals surface area contributed by atoms with E-state index < -0.39 is 5.97 Å². The van der Waals surface area contributed by atoms with Gasteiger partial charge in [-0.2, -0.15) is 4.89 Å². The zero-order valence-corrected chi connectivity index (χ0v) is 14.3. The molecule has 3 nitrogen and oxygen atoms in total. The largest absolute Gasteiger partial charge is 0.373 e. The molecule has 22 heavy (non-hydrogen) atoms. The lowest BCUT2D eigenvalue weighted by atomic mass is 9.75. The van der Waals surface area contributed by atoms with Gasteiger partial charge in [-0.15, -0.1) is 0 Å². The van der Waals surface area contributed by atoms with Crippen LogP contribution in [0.15, 0.2) is 18.2 Å². The average molecular weight is 303 g/mol. The van der Waals surface area contributed by atoms with Crippen LogP contribution in [-0.4, -0.2) is 5.97 Å². The molecule has 0 aromatic heterocycles. The first-order chi connectivity index (χ1) is 10.4. The van der Waals surface area contributed by atoms with Crippen LogP contribution in [0.1, 0.15) is 61.5 Å². The summed E-state index contributed by atoms with van der Waals surface area (Å²) in [7, 11) is 0. The Morgan fingerprint density at radius 2 is 1.77 bits per heavy atom. The standard InChI is InChI=1S/C19H27O3/c1-12(2)17-7-6-13(3)11-18(17)21-22-19(20)16-9-14(4)8-15(5)10-16/h8-10,12-13,17H,6-7,11H2,1-5H3. The molecule has 3 heteroatoms. The summed E-state index contributed by atoms with van der Waals surface area (Å²) < 4.78 is 0. The van der Waals surface area contributed by atoms with Crippen LogP contribution in [-0.2, 0) is 9.78 Å². The van der Waals surface area contributed by atoms with Gasteiger partial charge in [-0.1, -0.05) is 44.4 Å². The van der Waals surface area contributed by atoms with Crippen LogP contribution in [0.3, 0.4) is 0 Å². The molecule has 1 radical (unpaired) electrons. The summed E-state index contributed by atoms with van der Waals surface area (Å²) in [5.41, 5.74) is 2.64. The van der Waals surface area contributed by atoms with Gasteiger partial charge in [-0.25, -0.2) is 4.79 Å². The molecule has 1 aromatic carbocycles. The van der Waals surface area contributed by atoms with Gasteiger partial charge < -0.3 is 0 Å². The fourth-order valence-electron chi connectivity index (χ4n) is 3.25. The maximum absolute atomic E-state index is 12.2. The van der Waals surface area contributed by atoms with Gasteiger partial charge in [0.05, 0.1) is 5.56 Å². The molecule has 121 valence electrons. The Balaban J connectivity index is 1.99. The van der Waals surface area contributed by atoms with Crippen molar-refractivity contribution >= 4 is 5.97 Å². The number of rotatable bonds is 4. The first kappa shape index (κ1) is 17.0. The van der Waals surface area contributed by atoms with Crippen molar-refractivity contribution in [1.29, 1.82) is 0 Å². The van der Waals surface area contributed by atoms with E-state index in [-0.39, 0.29) is 0 Å². The minimum absolute atomic E-state index is 0.378. The zero-order chi connectivity index (χ0) is 16.3. The first-order valence-electron chi connectivity index (χ1n) is 8.19. The SMILES string of the molecule is Cc1cc(C)cc(C(=O)OO[C]2CC(C)CCC2C(C)C)c1. The highest BCUT2D eigenvalue weighted by Gasteiger charge is 2.34. The molecule has 0 N–H and O–H groups in total. The van der Waals surface area contributed by atoms with E-state index in [2.05, 4.69) is 20.8 Å². The molecule has 1 aliphatic carbocycles. The normalized spacial score (nSPS) is 22.8. The Bertz CT molecular complexity index is 501. The molecule has 2 rings (SSSR count). The second kappa shape index (κ2) is 7.28. The second-order valence-corrected chi connectivity index (χ2v) is 7.03. The summed E-state index contributed by atoms with van der Waals surface area (Å²) in [5, 5.41) is 0. The molecule has 0 aliphatic heterocycles. The topological polar surface area (TPSA) is 35.5 Å². The maximum atomic E-state index is 12.2. The van der Waals surface area contributed by atoms with Crippen molar-refractivity contribution in [2.75, 3.05) is 0 Å². The molecule has 0 amide bonds. The van der Waals surface area contributed by atoms with E-state index in [9.17, 15) is 4.79 Å². The molecule has 1 fully saturated rings. The van der Waals surface area contributed by atoms with Gasteiger partial charge in [-0.3, -0.25) is 4.89 Å². The predicted octanol–water partition coefficient (Wildman–Crippen LogP) is 5.02. The molecule has 0 saturated heterocycles. The van der Waals surface area contributed by atoms with Crippen LogP contribution < -0.4 is 0 Å². The summed E-state index contributed by atoms with van der Waals surface area (Å²) in [4.78, 5) is 22.8. The lowest BCUT2D eigenvalue weighted by molar-refractivity contribution is -0.251. The second-order valence-electron chi connectivity index (χ2n) is 7.03. The number of benzene rings is 1. The molecule has 1 aliphatic rings. The van der Waals surface area contributed by atoms with Gasteiger partial charge >= 0.3 is 5.97 Å². The molecule has 1 aromatic rings. The third-order valence-electron chi connectivity index (χ3n) is 4.42. The van der Waals surface area contributed by atoms with Crippen molar-refractivity contribution in [2.45, 2.75) is 53.9 Å². The van der Waals surface area contributed by atoms with Crippen molar-refractivity contribution in [3.05, 3.63) is 41.0 Å². The van der Waals surface area contributed by atoms with Gasteiger partial charge in [0.25, 0.3) is 0 Å². The Morgan fingerprint density at radius 1 is 1.14 bits per heavy atom. The third kappa shape index (κ3) is 4.33. The predicted molar refractivity (Wildman–Crippen MR) is 87.0 cm³/mol. The monoisotopic (exact) mass is 303 g/mol. The lowest BCUT2D eigenvalue weighted by Crippen LogP contribution is -2.28. The number of aryl methyl sites for hydroxylation is 2. The van der Waals surface area contributed by atoms with Crippen molar-refractivity contribution in [2.24, 2.45) is 17.8 Å². The minimum Gasteiger partial charge on any atom is -0.292 e. The quantitative estimate of drug-likeness (QED) is 0.579. The third-order valence-corrected chi connectivity index (χ3v) is 4.42. The summed E-state index contributed by atoms with van der Waals surface area (Å²) in [6, 6.07) is 5.68. The van der Waals surface area contributed by atoms with Gasteiger partial charge in [0, 0.05) is 0 Å². The molecule has 2 atom stereocenters. The first-order valence-corrected chi connectivity index (χ1v) is 8.19. The van der Waals surface area contributed by atoms with E-state index in [0.29, 0.717) is 23.3 Å². The van der Waals surface area contributed by atoms with Crippen molar-refractivity contribution in [3.8, 4) is 0 Å². The molecule has 0 bridgehead atoms. The molecular weight excluding hydrogens is 276 g/mol. The molecular formula is C19H27O3. The summed E-state index contributed by atoms with van der Waals surface area (Å²) in [5.74, 6) is 1.05. The van der Waals surface area contributed by atoms with Crippen LogP contribution in [0.25, 0.3) is 0 Å². The van der Waals surface area contributed by atoms with Gasteiger partial charge in [0.1, 0.15) is 0 Å². The number of hydrogen-bond acceptors (Lipinski definition) is 3. The van der Waals surface area contributed by atoms with Crippen molar-refractivity contribution in [1.82, 2.24) is 0 Å². The van der Waals surface area contributed by atoms with Gasteiger partial charge in [0.2, 0.25) is 0 Å². The van der Waals surface area contributed by atoms with E-state index in [1.54, 1.807) is 0 Å². The number of hydrogen-bond donors (Lipinski definition) is 0. The fourth-order valence-corrected chi connectivity index (χ4v) is 3.25. The molecule has 0 spiro atoms. The van der Waals surface area contributed by atoms with E-state index in [4.69, 9.17) is 9.78 Å². The van der Waals surface area contributed by atoms with E-state index in [1.165, 1.54) is 6.42 Å². The average Bonchev–Trinajstić information content (AvgIpc) is 2.43. The summed E-state index contributed by atoms with van der Waals surface area (Å²) in [6.07, 6.45) is 4.12. The van der Waals surface area contributed by atoms with E-state index in [1.807, 2.05) is 32.0 Å². The lowest BCUT2D eigenvalue weighted by Gasteiger charge is -2.34. The molecule has 2 unspecified atom stereocenters. The zero-order valence-electron chi connectivity index (χ0n) is 14.3. The fraction of sp³-hybridized carbons (Fsp3) is 0.579. The van der Waals surface area contributed by atoms with E-state index >= 15 is 0 Å². The Kier molecular flexibility index (Phi) is 5.63. The number of carbonyl (C=O) groups excluding carboxylic acids is 1. The highest BCUT2D eigenvalue weighted by molar-refractivity contribution is 5.89. The molecule has 1 saturated carbocycles.